The van der Waals surface area contributed by atoms with Crippen molar-refractivity contribution in [1.82, 2.24) is 4.98 Å². The molecule has 2 rings (SSSR count). The average molecular weight is 309 g/mol. The number of rotatable bonds is 3. The predicted molar refractivity (Wildman–Crippen MR) is 61.9 cm³/mol. The highest BCUT2D eigenvalue weighted by molar-refractivity contribution is 5.67. The minimum absolute atomic E-state index is 0. The highest BCUT2D eigenvalue weighted by Crippen LogP contribution is 2.15. The van der Waals surface area contributed by atoms with Crippen LogP contribution >= 0.6 is 0 Å². The molecule has 5 heteroatoms. The van der Waals surface area contributed by atoms with Gasteiger partial charge in [0.15, 0.2) is 12.4 Å². The van der Waals surface area contributed by atoms with Gasteiger partial charge < -0.3 is 21.7 Å². The summed E-state index contributed by atoms with van der Waals surface area (Å²) in [5.74, 6) is -0.258. The molecule has 94 valence electrons. The molecule has 0 N–H and O–H groups in total. The van der Waals surface area contributed by atoms with Crippen LogP contribution < -0.4 is 21.5 Å². The summed E-state index contributed by atoms with van der Waals surface area (Å²) >= 11 is 0. The van der Waals surface area contributed by atoms with Crippen molar-refractivity contribution in [3.8, 4) is 11.1 Å². The fourth-order valence-electron chi connectivity index (χ4n) is 1.51. The monoisotopic (exact) mass is 308 g/mol. The van der Waals surface area contributed by atoms with E-state index in [0.29, 0.717) is 0 Å². The third-order valence-corrected chi connectivity index (χ3v) is 2.44. The zero-order chi connectivity index (χ0) is 12.1. The second kappa shape index (κ2) is 6.86. The van der Waals surface area contributed by atoms with Gasteiger partial charge in [-0.1, -0.05) is 0 Å². The summed E-state index contributed by atoms with van der Waals surface area (Å²) in [4.78, 5) is 15.1. The number of carbonyl (C=O) groups is 1. The van der Waals surface area contributed by atoms with Crippen LogP contribution in [-0.2, 0) is 16.1 Å². The number of ether oxygens (including phenoxy) is 1. The highest BCUT2D eigenvalue weighted by Gasteiger charge is 2.08. The molecule has 0 aliphatic carbocycles. The standard InChI is InChI=1S/C13H13N2O2.BrH/c1-17-13(16)10-15-8-4-12(5-9-15)11-2-6-14-7-3-11;/h2-9H,10H2,1H3;1H/q+1;/p-1. The van der Waals surface area contributed by atoms with E-state index in [1.165, 1.54) is 7.11 Å². The molecule has 0 unspecified atom stereocenters. The Labute approximate surface area is 116 Å². The SMILES string of the molecule is COC(=O)C[n+]1ccc(-c2ccncc2)cc1.[Br-]. The molecule has 2 heterocycles. The van der Waals surface area contributed by atoms with Gasteiger partial charge in [-0.15, -0.1) is 0 Å². The smallest absolute Gasteiger partial charge is 0.372 e. The summed E-state index contributed by atoms with van der Waals surface area (Å²) in [6.07, 6.45) is 7.22. The lowest BCUT2D eigenvalue weighted by molar-refractivity contribution is -0.685. The lowest BCUT2D eigenvalue weighted by atomic mass is 10.1. The molecular weight excluding hydrogens is 296 g/mol. The third-order valence-electron chi connectivity index (χ3n) is 2.44. The van der Waals surface area contributed by atoms with Crippen LogP contribution in [0.5, 0.6) is 0 Å². The minimum atomic E-state index is -0.258. The van der Waals surface area contributed by atoms with E-state index in [9.17, 15) is 4.79 Å². The Balaban J connectivity index is 0.00000162. The fraction of sp³-hybridized carbons (Fsp3) is 0.154. The third kappa shape index (κ3) is 3.63. The maximum Gasteiger partial charge on any atom is 0.372 e. The molecule has 0 saturated carbocycles. The van der Waals surface area contributed by atoms with Crippen molar-refractivity contribution < 1.29 is 31.1 Å². The number of carbonyl (C=O) groups excluding carboxylic acids is 1. The molecule has 2 aromatic heterocycles. The lowest BCUT2D eigenvalue weighted by Gasteiger charge is -2.00. The Morgan fingerprint density at radius 2 is 1.72 bits per heavy atom. The Morgan fingerprint density at radius 1 is 1.17 bits per heavy atom. The molecule has 0 saturated heterocycles. The van der Waals surface area contributed by atoms with Gasteiger partial charge in [-0.05, 0) is 23.3 Å². The molecule has 4 nitrogen and oxygen atoms in total. The van der Waals surface area contributed by atoms with Crippen LogP contribution in [-0.4, -0.2) is 18.1 Å². The normalized spacial score (nSPS) is 9.39. The molecule has 0 bridgehead atoms. The average Bonchev–Trinajstić information content (AvgIpc) is 2.40. The van der Waals surface area contributed by atoms with Crippen LogP contribution in [0, 0.1) is 0 Å². The number of pyridine rings is 2. The van der Waals surface area contributed by atoms with Crippen molar-refractivity contribution in [2.24, 2.45) is 0 Å². The molecule has 0 aliphatic rings. The molecule has 0 aliphatic heterocycles. The van der Waals surface area contributed by atoms with Gasteiger partial charge in [-0.3, -0.25) is 4.98 Å². The Bertz CT molecular complexity index is 500. The number of aromatic nitrogens is 2. The number of hydrogen-bond donors (Lipinski definition) is 0. The number of hydrogen-bond acceptors (Lipinski definition) is 3. The summed E-state index contributed by atoms with van der Waals surface area (Å²) in [6, 6.07) is 7.80. The van der Waals surface area contributed by atoms with Crippen LogP contribution in [0.2, 0.25) is 0 Å². The molecule has 2 aromatic rings. The topological polar surface area (TPSA) is 43.1 Å². The van der Waals surface area contributed by atoms with Crippen molar-refractivity contribution in [3.05, 3.63) is 49.1 Å². The molecular formula is C13H13BrN2O2. The molecule has 0 amide bonds. The van der Waals surface area contributed by atoms with Crippen molar-refractivity contribution in [2.75, 3.05) is 7.11 Å². The summed E-state index contributed by atoms with van der Waals surface area (Å²) in [6.45, 7) is 0.229. The van der Waals surface area contributed by atoms with Gasteiger partial charge in [0, 0.05) is 24.5 Å². The molecule has 0 fully saturated rings. The summed E-state index contributed by atoms with van der Waals surface area (Å²) in [5.41, 5.74) is 2.19. The van der Waals surface area contributed by atoms with E-state index in [-0.39, 0.29) is 29.5 Å². The molecule has 18 heavy (non-hydrogen) atoms. The van der Waals surface area contributed by atoms with Gasteiger partial charge in [-0.25, -0.2) is 4.79 Å². The second-order valence-electron chi connectivity index (χ2n) is 3.57. The summed E-state index contributed by atoms with van der Waals surface area (Å²) in [5, 5.41) is 0. The van der Waals surface area contributed by atoms with Crippen LogP contribution in [0.15, 0.2) is 49.1 Å². The number of nitrogens with zero attached hydrogens (tertiary/aromatic N) is 2. The van der Waals surface area contributed by atoms with E-state index in [2.05, 4.69) is 9.72 Å². The van der Waals surface area contributed by atoms with Gasteiger partial charge in [0.05, 0.1) is 7.11 Å². The number of methoxy groups -OCH3 is 1. The molecule has 0 aromatic carbocycles. The first kappa shape index (κ1) is 14.3. The highest BCUT2D eigenvalue weighted by atomic mass is 79.9. The van der Waals surface area contributed by atoms with Crippen LogP contribution in [0.25, 0.3) is 11.1 Å². The van der Waals surface area contributed by atoms with Gasteiger partial charge >= 0.3 is 5.97 Å². The predicted octanol–water partition coefficient (Wildman–Crippen LogP) is -1.79. The van der Waals surface area contributed by atoms with Crippen molar-refractivity contribution in [2.45, 2.75) is 6.54 Å². The fourth-order valence-corrected chi connectivity index (χ4v) is 1.51. The molecule has 0 atom stereocenters. The van der Waals surface area contributed by atoms with Crippen LogP contribution in [0.3, 0.4) is 0 Å². The molecule has 0 radical (unpaired) electrons. The van der Waals surface area contributed by atoms with E-state index in [1.54, 1.807) is 17.0 Å². The zero-order valence-electron chi connectivity index (χ0n) is 9.91. The Morgan fingerprint density at radius 3 is 2.28 bits per heavy atom. The second-order valence-corrected chi connectivity index (χ2v) is 3.57. The van der Waals surface area contributed by atoms with E-state index >= 15 is 0 Å². The summed E-state index contributed by atoms with van der Waals surface area (Å²) in [7, 11) is 1.38. The van der Waals surface area contributed by atoms with Gasteiger partial charge in [-0.2, -0.15) is 4.57 Å². The van der Waals surface area contributed by atoms with Crippen LogP contribution in [0.4, 0.5) is 0 Å². The Kier molecular flexibility index (Phi) is 5.45. The van der Waals surface area contributed by atoms with E-state index in [0.717, 1.165) is 11.1 Å². The summed E-state index contributed by atoms with van der Waals surface area (Å²) < 4.78 is 6.38. The van der Waals surface area contributed by atoms with E-state index in [4.69, 9.17) is 0 Å². The quantitative estimate of drug-likeness (QED) is 0.497. The van der Waals surface area contributed by atoms with Crippen molar-refractivity contribution >= 4 is 5.97 Å². The maximum absolute atomic E-state index is 11.1. The first-order valence-corrected chi connectivity index (χ1v) is 5.26. The minimum Gasteiger partial charge on any atom is -1.00 e. The number of esters is 1. The van der Waals surface area contributed by atoms with Crippen molar-refractivity contribution in [3.63, 3.8) is 0 Å². The van der Waals surface area contributed by atoms with Crippen LogP contribution in [0.1, 0.15) is 0 Å². The van der Waals surface area contributed by atoms with Gasteiger partial charge in [0.2, 0.25) is 6.54 Å². The van der Waals surface area contributed by atoms with E-state index < -0.39 is 0 Å². The Hall–Kier alpha value is -1.75. The first-order valence-electron chi connectivity index (χ1n) is 5.26. The largest absolute Gasteiger partial charge is 1.00 e. The maximum atomic E-state index is 11.1. The lowest BCUT2D eigenvalue weighted by Crippen LogP contribution is -3.00. The van der Waals surface area contributed by atoms with Gasteiger partial charge in [0.1, 0.15) is 0 Å². The number of halogens is 1. The van der Waals surface area contributed by atoms with Gasteiger partial charge in [0.25, 0.3) is 0 Å². The van der Waals surface area contributed by atoms with Crippen molar-refractivity contribution in [1.29, 1.82) is 0 Å². The zero-order valence-corrected chi connectivity index (χ0v) is 11.5. The molecule has 0 spiro atoms. The van der Waals surface area contributed by atoms with E-state index in [1.807, 2.05) is 36.7 Å². The first-order chi connectivity index (χ1) is 8.29.